The van der Waals surface area contributed by atoms with Crippen molar-refractivity contribution in [2.45, 2.75) is 18.7 Å². The molecule has 0 saturated heterocycles. The van der Waals surface area contributed by atoms with Crippen molar-refractivity contribution in [1.82, 2.24) is 4.72 Å². The van der Waals surface area contributed by atoms with E-state index in [2.05, 4.69) is 4.72 Å². The molecule has 2 aromatic rings. The number of nitrogens with one attached hydrogen (secondary N) is 1. The number of sulfonamides is 1. The van der Waals surface area contributed by atoms with E-state index in [1.807, 2.05) is 6.92 Å². The van der Waals surface area contributed by atoms with Crippen LogP contribution in [0.4, 0.5) is 0 Å². The number of hydrogen-bond donors (Lipinski definition) is 1. The van der Waals surface area contributed by atoms with Crippen molar-refractivity contribution in [2.75, 3.05) is 14.2 Å². The highest BCUT2D eigenvalue weighted by molar-refractivity contribution is 7.89. The molecule has 2 rings (SSSR count). The highest BCUT2D eigenvalue weighted by atomic mass is 32.2. The molecule has 30 heavy (non-hydrogen) atoms. The fourth-order valence-electron chi connectivity index (χ4n) is 2.87. The van der Waals surface area contributed by atoms with Crippen LogP contribution in [0, 0.1) is 18.8 Å². The average molecular weight is 432 g/mol. The molecule has 0 aromatic heterocycles. The molecule has 0 aliphatic heterocycles. The predicted molar refractivity (Wildman–Crippen MR) is 113 cm³/mol. The van der Waals surface area contributed by atoms with E-state index in [1.165, 1.54) is 32.4 Å². The second kappa shape index (κ2) is 10.1. The van der Waals surface area contributed by atoms with Gasteiger partial charge in [-0.1, -0.05) is 61.0 Å². The van der Waals surface area contributed by atoms with Crippen LogP contribution in [0.2, 0.25) is 0 Å². The Bertz CT molecular complexity index is 997. The third-order valence-corrected chi connectivity index (χ3v) is 5.91. The van der Waals surface area contributed by atoms with Gasteiger partial charge < -0.3 is 9.47 Å². The lowest BCUT2D eigenvalue weighted by Gasteiger charge is -2.19. The van der Waals surface area contributed by atoms with Crippen molar-refractivity contribution in [3.8, 4) is 0 Å². The minimum Gasteiger partial charge on any atom is -0.468 e. The van der Waals surface area contributed by atoms with Crippen molar-refractivity contribution in [2.24, 2.45) is 11.8 Å². The third-order valence-electron chi connectivity index (χ3n) is 4.53. The van der Waals surface area contributed by atoms with Gasteiger partial charge in [-0.15, -0.1) is 0 Å². The monoisotopic (exact) mass is 431 g/mol. The molecule has 1 N–H and O–H groups in total. The Morgan fingerprint density at radius 1 is 0.933 bits per heavy atom. The lowest BCUT2D eigenvalue weighted by Crippen LogP contribution is -2.32. The number of allylic oxidation sites excluding steroid dienone is 1. The van der Waals surface area contributed by atoms with Gasteiger partial charge in [0.15, 0.2) is 5.92 Å². The fourth-order valence-corrected chi connectivity index (χ4v) is 3.95. The van der Waals surface area contributed by atoms with Crippen LogP contribution in [0.3, 0.4) is 0 Å². The van der Waals surface area contributed by atoms with Crippen molar-refractivity contribution >= 4 is 27.7 Å². The van der Waals surface area contributed by atoms with E-state index in [4.69, 9.17) is 9.47 Å². The Morgan fingerprint density at radius 2 is 1.47 bits per heavy atom. The smallest absolute Gasteiger partial charge is 0.320 e. The second-order valence-corrected chi connectivity index (χ2v) is 8.43. The van der Waals surface area contributed by atoms with Crippen LogP contribution in [0.5, 0.6) is 0 Å². The first-order valence-electron chi connectivity index (χ1n) is 9.22. The van der Waals surface area contributed by atoms with Crippen molar-refractivity contribution < 1.29 is 27.5 Å². The van der Waals surface area contributed by atoms with Gasteiger partial charge in [0.05, 0.1) is 24.8 Å². The first kappa shape index (κ1) is 23.2. The summed E-state index contributed by atoms with van der Waals surface area (Å²) in [6.07, 6.45) is 1.51. The summed E-state index contributed by atoms with van der Waals surface area (Å²) in [7, 11) is -1.55. The summed E-state index contributed by atoms with van der Waals surface area (Å²) in [5.74, 6) is -3.47. The van der Waals surface area contributed by atoms with E-state index in [1.54, 1.807) is 49.4 Å². The zero-order valence-corrected chi connectivity index (χ0v) is 18.1. The van der Waals surface area contributed by atoms with Crippen molar-refractivity contribution in [1.29, 1.82) is 0 Å². The van der Waals surface area contributed by atoms with E-state index < -0.39 is 33.8 Å². The van der Waals surface area contributed by atoms with E-state index >= 15 is 0 Å². The summed E-state index contributed by atoms with van der Waals surface area (Å²) in [5.41, 5.74) is 1.75. The normalized spacial score (nSPS) is 12.9. The molecule has 0 spiro atoms. The number of hydrogen-bond acceptors (Lipinski definition) is 6. The quantitative estimate of drug-likeness (QED) is 0.510. The molecule has 0 unspecified atom stereocenters. The standard InChI is InChI=1S/C22H25NO6S/c1-15-10-12-18(13-11-15)30(26,27)23-19(17-8-6-5-7-9-17)14-16(2)20(21(24)28-3)22(25)29-4/h5-14,16,20,23H,1-4H3/b19-14+/t16-/m1/s1. The maximum atomic E-state index is 12.9. The van der Waals surface area contributed by atoms with Crippen LogP contribution >= 0.6 is 0 Å². The molecule has 0 heterocycles. The van der Waals surface area contributed by atoms with Crippen LogP contribution in [0.15, 0.2) is 65.6 Å². The number of benzene rings is 2. The molecule has 0 aliphatic carbocycles. The maximum absolute atomic E-state index is 12.9. The molecular formula is C22H25NO6S. The Hall–Kier alpha value is -3.13. The summed E-state index contributed by atoms with van der Waals surface area (Å²) in [4.78, 5) is 24.3. The number of aryl methyl sites for hydroxylation is 1. The number of carbonyl (C=O) groups excluding carboxylic acids is 2. The topological polar surface area (TPSA) is 98.8 Å². The zero-order chi connectivity index (χ0) is 22.3. The summed E-state index contributed by atoms with van der Waals surface area (Å²) < 4.78 is 37.9. The highest BCUT2D eigenvalue weighted by Gasteiger charge is 2.34. The molecule has 8 heteroatoms. The predicted octanol–water partition coefficient (Wildman–Crippen LogP) is 2.91. The molecule has 0 fully saturated rings. The van der Waals surface area contributed by atoms with Crippen molar-refractivity contribution in [3.05, 3.63) is 71.8 Å². The molecule has 7 nitrogen and oxygen atoms in total. The largest absolute Gasteiger partial charge is 0.468 e. The summed E-state index contributed by atoms with van der Waals surface area (Å²) in [6.45, 7) is 3.47. The van der Waals surface area contributed by atoms with Crippen LogP contribution in [0.25, 0.3) is 5.70 Å². The maximum Gasteiger partial charge on any atom is 0.320 e. The van der Waals surface area contributed by atoms with Gasteiger partial charge in [0, 0.05) is 5.92 Å². The van der Waals surface area contributed by atoms with Crippen molar-refractivity contribution in [3.63, 3.8) is 0 Å². The SMILES string of the molecule is COC(=O)C(C(=O)OC)[C@H](C)/C=C(/NS(=O)(=O)c1ccc(C)cc1)c1ccccc1. The molecule has 0 amide bonds. The van der Waals surface area contributed by atoms with E-state index in [0.717, 1.165) is 5.56 Å². The Balaban J connectivity index is 2.48. The Labute approximate surface area is 176 Å². The molecule has 0 radical (unpaired) electrons. The molecular weight excluding hydrogens is 406 g/mol. The fraction of sp³-hybridized carbons (Fsp3) is 0.273. The van der Waals surface area contributed by atoms with Gasteiger partial charge in [-0.25, -0.2) is 8.42 Å². The second-order valence-electron chi connectivity index (χ2n) is 6.75. The van der Waals surface area contributed by atoms with Gasteiger partial charge in [-0.05, 0) is 24.6 Å². The van der Waals surface area contributed by atoms with Gasteiger partial charge in [-0.3, -0.25) is 14.3 Å². The molecule has 0 bridgehead atoms. The van der Waals surface area contributed by atoms with Crippen LogP contribution < -0.4 is 4.72 Å². The van der Waals surface area contributed by atoms with E-state index in [0.29, 0.717) is 5.56 Å². The summed E-state index contributed by atoms with van der Waals surface area (Å²) >= 11 is 0. The van der Waals surface area contributed by atoms with Gasteiger partial charge in [0.1, 0.15) is 0 Å². The average Bonchev–Trinajstić information content (AvgIpc) is 2.73. The first-order chi connectivity index (χ1) is 14.2. The Kier molecular flexibility index (Phi) is 7.77. The molecule has 2 aromatic carbocycles. The van der Waals surface area contributed by atoms with Gasteiger partial charge in [-0.2, -0.15) is 0 Å². The molecule has 0 aliphatic rings. The van der Waals surface area contributed by atoms with Crippen LogP contribution in [-0.2, 0) is 29.1 Å². The highest BCUT2D eigenvalue weighted by Crippen LogP contribution is 2.23. The van der Waals surface area contributed by atoms with E-state index in [9.17, 15) is 18.0 Å². The number of carbonyl (C=O) groups is 2. The summed E-state index contributed by atoms with van der Waals surface area (Å²) in [5, 5.41) is 0. The van der Waals surface area contributed by atoms with Gasteiger partial charge in [0.25, 0.3) is 10.0 Å². The minimum atomic E-state index is -3.90. The van der Waals surface area contributed by atoms with E-state index in [-0.39, 0.29) is 10.6 Å². The lowest BCUT2D eigenvalue weighted by molar-refractivity contribution is -0.160. The molecule has 1 atom stereocenters. The molecule has 160 valence electrons. The number of rotatable bonds is 8. The number of esters is 2. The lowest BCUT2D eigenvalue weighted by atomic mass is 9.92. The van der Waals surface area contributed by atoms with Crippen LogP contribution in [0.1, 0.15) is 18.1 Å². The van der Waals surface area contributed by atoms with Gasteiger partial charge in [0.2, 0.25) is 0 Å². The van der Waals surface area contributed by atoms with Gasteiger partial charge >= 0.3 is 11.9 Å². The summed E-state index contributed by atoms with van der Waals surface area (Å²) in [6, 6.07) is 15.2. The Morgan fingerprint density at radius 3 is 1.97 bits per heavy atom. The third kappa shape index (κ3) is 5.70. The number of ether oxygens (including phenoxy) is 2. The first-order valence-corrected chi connectivity index (χ1v) is 10.7. The minimum absolute atomic E-state index is 0.0973. The zero-order valence-electron chi connectivity index (χ0n) is 17.3. The molecule has 0 saturated carbocycles. The number of methoxy groups -OCH3 is 2. The van der Waals surface area contributed by atoms with Crippen LogP contribution in [-0.4, -0.2) is 34.6 Å².